The highest BCUT2D eigenvalue weighted by Crippen LogP contribution is 2.32. The van der Waals surface area contributed by atoms with E-state index >= 15 is 0 Å². The van der Waals surface area contributed by atoms with Crippen molar-refractivity contribution in [2.24, 2.45) is 5.92 Å². The lowest BCUT2D eigenvalue weighted by molar-refractivity contribution is -0.155. The standard InChI is InChI=1S/C12H19O6P/c1-4-9(5-2)12(3,8-19(16)17)18-11(15)7-6-10(13)14/h6-7,9H,4-5,8H2,1-3H3,(H,13,14)/b7-6+. The number of carbonyl (C=O) groups excluding carboxylic acids is 1. The number of carboxylic acid groups (broad SMARTS) is 1. The van der Waals surface area contributed by atoms with Crippen molar-refractivity contribution in [2.75, 3.05) is 6.16 Å². The summed E-state index contributed by atoms with van der Waals surface area (Å²) in [7, 11) is -2.70. The molecule has 0 aliphatic heterocycles. The fourth-order valence-electron chi connectivity index (χ4n) is 2.06. The van der Waals surface area contributed by atoms with E-state index in [2.05, 4.69) is 0 Å². The summed E-state index contributed by atoms with van der Waals surface area (Å²) in [5.74, 6) is -2.23. The summed E-state index contributed by atoms with van der Waals surface area (Å²) in [6.07, 6.45) is 2.48. The highest BCUT2D eigenvalue weighted by molar-refractivity contribution is 7.30. The van der Waals surface area contributed by atoms with Crippen LogP contribution in [0.25, 0.3) is 0 Å². The van der Waals surface area contributed by atoms with Crippen LogP contribution >= 0.6 is 7.68 Å². The SMILES string of the molecule is CCC(CC)C(C)(CP(=O)=O)OC(=O)/C=C/C(=O)O. The Morgan fingerprint density at radius 3 is 2.16 bits per heavy atom. The molecule has 0 heterocycles. The van der Waals surface area contributed by atoms with Crippen LogP contribution in [0.4, 0.5) is 0 Å². The quantitative estimate of drug-likeness (QED) is 0.419. The van der Waals surface area contributed by atoms with Gasteiger partial charge in [-0.25, -0.2) is 18.7 Å². The maximum atomic E-state index is 11.5. The first kappa shape index (κ1) is 17.6. The Balaban J connectivity index is 5.05. The van der Waals surface area contributed by atoms with Crippen LogP contribution in [-0.4, -0.2) is 28.8 Å². The lowest BCUT2D eigenvalue weighted by atomic mass is 9.86. The number of hydrogen-bond acceptors (Lipinski definition) is 5. The Kier molecular flexibility index (Phi) is 7.30. The molecular formula is C12H19O6P. The molecule has 0 radical (unpaired) electrons. The maximum Gasteiger partial charge on any atom is 0.331 e. The number of carboxylic acids is 1. The van der Waals surface area contributed by atoms with E-state index in [9.17, 15) is 18.7 Å². The van der Waals surface area contributed by atoms with Crippen LogP contribution in [0, 0.1) is 5.92 Å². The normalized spacial score (nSPS) is 14.3. The smallest absolute Gasteiger partial charge is 0.331 e. The molecule has 0 aromatic carbocycles. The zero-order valence-electron chi connectivity index (χ0n) is 11.3. The summed E-state index contributed by atoms with van der Waals surface area (Å²) in [5, 5.41) is 8.42. The molecule has 0 fully saturated rings. The molecule has 0 spiro atoms. The van der Waals surface area contributed by atoms with Crippen molar-refractivity contribution in [3.63, 3.8) is 0 Å². The van der Waals surface area contributed by atoms with Crippen LogP contribution in [0.15, 0.2) is 12.2 Å². The maximum absolute atomic E-state index is 11.5. The Bertz CT molecular complexity index is 414. The van der Waals surface area contributed by atoms with Crippen LogP contribution in [0.3, 0.4) is 0 Å². The van der Waals surface area contributed by atoms with Crippen LogP contribution in [0.2, 0.25) is 0 Å². The first-order valence-electron chi connectivity index (χ1n) is 6.01. The van der Waals surface area contributed by atoms with Crippen molar-refractivity contribution < 1.29 is 28.6 Å². The lowest BCUT2D eigenvalue weighted by Gasteiger charge is -2.34. The molecule has 0 saturated heterocycles. The van der Waals surface area contributed by atoms with E-state index < -0.39 is 25.2 Å². The fourth-order valence-corrected chi connectivity index (χ4v) is 2.89. The molecule has 1 atom stereocenters. The summed E-state index contributed by atoms with van der Waals surface area (Å²) >= 11 is 0. The second-order valence-electron chi connectivity index (χ2n) is 4.41. The van der Waals surface area contributed by atoms with Gasteiger partial charge in [0.15, 0.2) is 0 Å². The second-order valence-corrected chi connectivity index (χ2v) is 5.39. The van der Waals surface area contributed by atoms with Crippen molar-refractivity contribution in [3.8, 4) is 0 Å². The number of hydrogen-bond donors (Lipinski definition) is 1. The average Bonchev–Trinajstić information content (AvgIpc) is 2.26. The van der Waals surface area contributed by atoms with Gasteiger partial charge in [0.1, 0.15) is 5.60 Å². The van der Waals surface area contributed by atoms with E-state index in [0.29, 0.717) is 18.9 Å². The van der Waals surface area contributed by atoms with E-state index in [1.54, 1.807) is 6.92 Å². The van der Waals surface area contributed by atoms with E-state index in [1.807, 2.05) is 13.8 Å². The monoisotopic (exact) mass is 290 g/mol. The van der Waals surface area contributed by atoms with Gasteiger partial charge in [-0.1, -0.05) is 13.8 Å². The molecule has 0 aliphatic rings. The van der Waals surface area contributed by atoms with Gasteiger partial charge in [-0.15, -0.1) is 0 Å². The summed E-state index contributed by atoms with van der Waals surface area (Å²) in [4.78, 5) is 21.8. The Morgan fingerprint density at radius 1 is 1.26 bits per heavy atom. The molecule has 0 aromatic heterocycles. The predicted octanol–water partition coefficient (Wildman–Crippen LogP) is 2.54. The van der Waals surface area contributed by atoms with Gasteiger partial charge in [-0.05, 0) is 25.7 Å². The number of rotatable bonds is 8. The minimum atomic E-state index is -2.70. The summed E-state index contributed by atoms with van der Waals surface area (Å²) in [6, 6.07) is 0. The van der Waals surface area contributed by atoms with Gasteiger partial charge in [-0.2, -0.15) is 0 Å². The van der Waals surface area contributed by atoms with Crippen molar-refractivity contribution in [3.05, 3.63) is 12.2 Å². The molecule has 108 valence electrons. The Hall–Kier alpha value is -1.42. The molecule has 0 bridgehead atoms. The fraction of sp³-hybridized carbons (Fsp3) is 0.667. The Morgan fingerprint density at radius 2 is 1.79 bits per heavy atom. The number of carbonyl (C=O) groups is 2. The molecule has 0 amide bonds. The third-order valence-corrected chi connectivity index (χ3v) is 3.87. The van der Waals surface area contributed by atoms with Crippen LogP contribution in [0.5, 0.6) is 0 Å². The molecule has 0 rings (SSSR count). The molecular weight excluding hydrogens is 271 g/mol. The average molecular weight is 290 g/mol. The molecule has 1 N–H and O–H groups in total. The van der Waals surface area contributed by atoms with E-state index in [-0.39, 0.29) is 12.1 Å². The zero-order chi connectivity index (χ0) is 15.1. The van der Waals surface area contributed by atoms with E-state index in [1.165, 1.54) is 0 Å². The first-order valence-corrected chi connectivity index (χ1v) is 7.37. The highest BCUT2D eigenvalue weighted by atomic mass is 31.1. The third-order valence-electron chi connectivity index (χ3n) is 2.99. The second kappa shape index (κ2) is 7.89. The van der Waals surface area contributed by atoms with Crippen molar-refractivity contribution >= 4 is 19.6 Å². The summed E-state index contributed by atoms with van der Waals surface area (Å²) in [5.41, 5.74) is -1.14. The predicted molar refractivity (Wildman–Crippen MR) is 68.5 cm³/mol. The van der Waals surface area contributed by atoms with Gasteiger partial charge in [0.05, 0.1) is 6.16 Å². The molecule has 1 unspecified atom stereocenters. The minimum absolute atomic E-state index is 0.109. The lowest BCUT2D eigenvalue weighted by Crippen LogP contribution is -2.41. The Labute approximate surface area is 112 Å². The number of ether oxygens (including phenoxy) is 1. The molecule has 0 saturated carbocycles. The highest BCUT2D eigenvalue weighted by Gasteiger charge is 2.37. The molecule has 19 heavy (non-hydrogen) atoms. The molecule has 7 heteroatoms. The van der Waals surface area contributed by atoms with Gasteiger partial charge < -0.3 is 9.84 Å². The first-order chi connectivity index (χ1) is 8.75. The largest absolute Gasteiger partial charge is 0.478 e. The summed E-state index contributed by atoms with van der Waals surface area (Å²) < 4.78 is 27.0. The van der Waals surface area contributed by atoms with Crippen LogP contribution in [0.1, 0.15) is 33.6 Å². The van der Waals surface area contributed by atoms with Gasteiger partial charge in [0, 0.05) is 12.2 Å². The number of aliphatic carboxylic acids is 1. The van der Waals surface area contributed by atoms with Gasteiger partial charge >= 0.3 is 19.6 Å². The number of esters is 1. The van der Waals surface area contributed by atoms with Gasteiger partial charge in [0.2, 0.25) is 0 Å². The van der Waals surface area contributed by atoms with Crippen molar-refractivity contribution in [1.29, 1.82) is 0 Å². The van der Waals surface area contributed by atoms with E-state index in [4.69, 9.17) is 9.84 Å². The molecule has 0 aliphatic carbocycles. The van der Waals surface area contributed by atoms with Crippen LogP contribution in [-0.2, 0) is 23.5 Å². The van der Waals surface area contributed by atoms with Crippen LogP contribution < -0.4 is 0 Å². The minimum Gasteiger partial charge on any atom is -0.478 e. The zero-order valence-corrected chi connectivity index (χ0v) is 12.2. The van der Waals surface area contributed by atoms with Crippen molar-refractivity contribution in [2.45, 2.75) is 39.2 Å². The van der Waals surface area contributed by atoms with Gasteiger partial charge in [-0.3, -0.25) is 0 Å². The molecule has 0 aromatic rings. The topological polar surface area (TPSA) is 97.7 Å². The summed E-state index contributed by atoms with van der Waals surface area (Å²) in [6.45, 7) is 5.32. The van der Waals surface area contributed by atoms with E-state index in [0.717, 1.165) is 6.08 Å². The van der Waals surface area contributed by atoms with Crippen molar-refractivity contribution in [1.82, 2.24) is 0 Å². The molecule has 6 nitrogen and oxygen atoms in total. The van der Waals surface area contributed by atoms with Gasteiger partial charge in [0.25, 0.3) is 0 Å². The third kappa shape index (κ3) is 6.34.